The molecule has 0 aromatic carbocycles. The van der Waals surface area contributed by atoms with E-state index in [9.17, 15) is 19.8 Å². The molecular formula is C76H147NO5. The Morgan fingerprint density at radius 2 is 0.573 bits per heavy atom. The highest BCUT2D eigenvalue weighted by Crippen LogP contribution is 2.19. The van der Waals surface area contributed by atoms with Gasteiger partial charge in [0, 0.05) is 12.8 Å². The quantitative estimate of drug-likeness (QED) is 0.0320. The maximum atomic E-state index is 12.5. The van der Waals surface area contributed by atoms with Gasteiger partial charge in [-0.15, -0.1) is 0 Å². The van der Waals surface area contributed by atoms with Gasteiger partial charge in [0.25, 0.3) is 0 Å². The van der Waals surface area contributed by atoms with Gasteiger partial charge in [-0.1, -0.05) is 378 Å². The van der Waals surface area contributed by atoms with Crippen LogP contribution in [0.2, 0.25) is 0 Å². The second-order valence-electron chi connectivity index (χ2n) is 26.0. The van der Waals surface area contributed by atoms with Crippen molar-refractivity contribution in [3.05, 3.63) is 24.3 Å². The number of aliphatic hydroxyl groups is 2. The van der Waals surface area contributed by atoms with Crippen molar-refractivity contribution in [1.29, 1.82) is 0 Å². The Morgan fingerprint density at radius 1 is 0.329 bits per heavy atom. The maximum Gasteiger partial charge on any atom is 0.305 e. The van der Waals surface area contributed by atoms with Gasteiger partial charge < -0.3 is 20.3 Å². The second kappa shape index (κ2) is 71.8. The Labute approximate surface area is 513 Å². The van der Waals surface area contributed by atoms with Gasteiger partial charge >= 0.3 is 5.97 Å². The molecule has 2 unspecified atom stereocenters. The van der Waals surface area contributed by atoms with E-state index in [2.05, 4.69) is 31.3 Å². The third-order valence-corrected chi connectivity index (χ3v) is 17.7. The number of carbonyl (C=O) groups is 2. The molecule has 0 aromatic heterocycles. The number of nitrogens with one attached hydrogen (secondary N) is 1. The normalized spacial score (nSPS) is 12.6. The van der Waals surface area contributed by atoms with Crippen molar-refractivity contribution in [2.24, 2.45) is 0 Å². The average Bonchev–Trinajstić information content (AvgIpc) is 3.48. The molecule has 0 spiro atoms. The van der Waals surface area contributed by atoms with Crippen LogP contribution in [0.15, 0.2) is 24.3 Å². The van der Waals surface area contributed by atoms with Crippen LogP contribution in [0.25, 0.3) is 0 Å². The van der Waals surface area contributed by atoms with Gasteiger partial charge in [-0.05, 0) is 57.8 Å². The van der Waals surface area contributed by atoms with Crippen LogP contribution < -0.4 is 5.32 Å². The molecule has 0 aliphatic rings. The number of rotatable bonds is 71. The molecule has 0 saturated carbocycles. The SMILES string of the molecule is CCCCCCCCCCCCCCCCCC/C=C/C(O)C(CO)NC(=O)CCCCCCCCCCCCCC/C=C\CCCCCCCCCCCCCCOC(=O)CCCCCCCCCCCCCCCCCCCCC. The van der Waals surface area contributed by atoms with Gasteiger partial charge in [0.05, 0.1) is 25.4 Å². The Bertz CT molecular complexity index is 1280. The first-order chi connectivity index (χ1) is 40.5. The van der Waals surface area contributed by atoms with Crippen molar-refractivity contribution >= 4 is 11.9 Å². The lowest BCUT2D eigenvalue weighted by molar-refractivity contribution is -0.143. The first-order valence-corrected chi connectivity index (χ1v) is 37.6. The molecule has 0 radical (unpaired) electrons. The lowest BCUT2D eigenvalue weighted by atomic mass is 10.0. The first kappa shape index (κ1) is 80.3. The van der Waals surface area contributed by atoms with Crippen molar-refractivity contribution in [3.63, 3.8) is 0 Å². The van der Waals surface area contributed by atoms with Gasteiger partial charge in [-0.3, -0.25) is 9.59 Å². The number of hydrogen-bond acceptors (Lipinski definition) is 5. The Morgan fingerprint density at radius 3 is 0.866 bits per heavy atom. The smallest absolute Gasteiger partial charge is 0.305 e. The highest BCUT2D eigenvalue weighted by atomic mass is 16.5. The molecule has 0 rings (SSSR count). The third kappa shape index (κ3) is 67.5. The molecule has 3 N–H and O–H groups in total. The van der Waals surface area contributed by atoms with Crippen LogP contribution in [0.3, 0.4) is 0 Å². The molecule has 2 atom stereocenters. The summed E-state index contributed by atoms with van der Waals surface area (Å²) in [4.78, 5) is 24.6. The Hall–Kier alpha value is -1.66. The fourth-order valence-corrected chi connectivity index (χ4v) is 12.0. The molecule has 0 bridgehead atoms. The molecule has 0 aliphatic carbocycles. The van der Waals surface area contributed by atoms with Crippen LogP contribution >= 0.6 is 0 Å². The zero-order chi connectivity index (χ0) is 59.2. The van der Waals surface area contributed by atoms with Gasteiger partial charge in [0.2, 0.25) is 5.91 Å². The number of esters is 1. The predicted octanol–water partition coefficient (Wildman–Crippen LogP) is 24.5. The molecule has 0 saturated heterocycles. The number of carbonyl (C=O) groups excluding carboxylic acids is 2. The minimum Gasteiger partial charge on any atom is -0.466 e. The molecule has 6 heteroatoms. The van der Waals surface area contributed by atoms with Crippen molar-refractivity contribution in [1.82, 2.24) is 5.32 Å². The number of ether oxygens (including phenoxy) is 1. The van der Waals surface area contributed by atoms with E-state index in [1.165, 1.54) is 360 Å². The zero-order valence-corrected chi connectivity index (χ0v) is 55.8. The zero-order valence-electron chi connectivity index (χ0n) is 55.8. The first-order valence-electron chi connectivity index (χ1n) is 37.6. The number of allylic oxidation sites excluding steroid dienone is 3. The lowest BCUT2D eigenvalue weighted by Crippen LogP contribution is -2.45. The van der Waals surface area contributed by atoms with E-state index < -0.39 is 12.1 Å². The summed E-state index contributed by atoms with van der Waals surface area (Å²) in [6.45, 7) is 4.95. The monoisotopic (exact) mass is 1150 g/mol. The summed E-state index contributed by atoms with van der Waals surface area (Å²) in [5.41, 5.74) is 0. The topological polar surface area (TPSA) is 95.9 Å². The molecule has 0 heterocycles. The van der Waals surface area contributed by atoms with Crippen molar-refractivity contribution < 1.29 is 24.5 Å². The van der Waals surface area contributed by atoms with Crippen LogP contribution in [0.4, 0.5) is 0 Å². The van der Waals surface area contributed by atoms with Crippen molar-refractivity contribution in [2.45, 2.75) is 437 Å². The molecule has 0 aliphatic heterocycles. The summed E-state index contributed by atoms with van der Waals surface area (Å²) in [6.07, 6.45) is 91.3. The van der Waals surface area contributed by atoms with E-state index in [0.29, 0.717) is 19.4 Å². The fraction of sp³-hybridized carbons (Fsp3) is 0.921. The number of amides is 1. The average molecular weight is 1160 g/mol. The van der Waals surface area contributed by atoms with Gasteiger partial charge in [-0.25, -0.2) is 0 Å². The van der Waals surface area contributed by atoms with E-state index in [0.717, 1.165) is 38.5 Å². The minimum absolute atomic E-state index is 0.0212. The van der Waals surface area contributed by atoms with Crippen LogP contribution in [0.5, 0.6) is 0 Å². The Balaban J connectivity index is 3.37. The highest BCUT2D eigenvalue weighted by Gasteiger charge is 2.18. The lowest BCUT2D eigenvalue weighted by Gasteiger charge is -2.20. The second-order valence-corrected chi connectivity index (χ2v) is 26.0. The minimum atomic E-state index is -0.845. The summed E-state index contributed by atoms with van der Waals surface area (Å²) in [7, 11) is 0. The summed E-state index contributed by atoms with van der Waals surface area (Å²) in [6, 6.07) is -0.628. The standard InChI is InChI=1S/C76H147NO5/c1-3-5-7-9-11-13-15-17-19-21-33-38-42-46-50-54-58-62-66-70-76(81)82-71-67-63-59-55-51-47-43-39-35-32-30-28-26-24-23-25-27-29-31-34-37-41-45-49-53-57-61-65-69-75(80)77-73(72-78)74(79)68-64-60-56-52-48-44-40-36-22-20-18-16-14-12-10-8-6-4-2/h23-24,64,68,73-74,78-79H,3-22,25-63,65-67,69-72H2,1-2H3,(H,77,80)/b24-23-,68-64+. The van der Waals surface area contributed by atoms with Crippen LogP contribution in [0, 0.1) is 0 Å². The van der Waals surface area contributed by atoms with Crippen molar-refractivity contribution in [3.8, 4) is 0 Å². The van der Waals surface area contributed by atoms with Gasteiger partial charge in [0.1, 0.15) is 0 Å². The third-order valence-electron chi connectivity index (χ3n) is 17.7. The van der Waals surface area contributed by atoms with E-state index in [1.54, 1.807) is 6.08 Å². The van der Waals surface area contributed by atoms with Crippen LogP contribution in [-0.2, 0) is 14.3 Å². The van der Waals surface area contributed by atoms with Crippen LogP contribution in [-0.4, -0.2) is 47.4 Å². The molecule has 1 amide bonds. The van der Waals surface area contributed by atoms with Crippen molar-refractivity contribution in [2.75, 3.05) is 13.2 Å². The van der Waals surface area contributed by atoms with E-state index >= 15 is 0 Å². The molecular weight excluding hydrogens is 1010 g/mol. The maximum absolute atomic E-state index is 12.5. The number of aliphatic hydroxyl groups excluding tert-OH is 2. The highest BCUT2D eigenvalue weighted by molar-refractivity contribution is 5.76. The molecule has 0 fully saturated rings. The van der Waals surface area contributed by atoms with E-state index in [-0.39, 0.29) is 18.5 Å². The predicted molar refractivity (Wildman–Crippen MR) is 361 cm³/mol. The molecule has 82 heavy (non-hydrogen) atoms. The Kier molecular flexibility index (Phi) is 70.4. The van der Waals surface area contributed by atoms with Crippen LogP contribution in [0.1, 0.15) is 425 Å². The molecule has 6 nitrogen and oxygen atoms in total. The van der Waals surface area contributed by atoms with Gasteiger partial charge in [-0.2, -0.15) is 0 Å². The summed E-state index contributed by atoms with van der Waals surface area (Å²) >= 11 is 0. The summed E-state index contributed by atoms with van der Waals surface area (Å²) < 4.78 is 5.52. The number of hydrogen-bond donors (Lipinski definition) is 3. The summed E-state index contributed by atoms with van der Waals surface area (Å²) in [5, 5.41) is 23.2. The fourth-order valence-electron chi connectivity index (χ4n) is 12.0. The molecule has 0 aromatic rings. The number of unbranched alkanes of at least 4 members (excludes halogenated alkanes) is 58. The summed E-state index contributed by atoms with van der Waals surface area (Å²) in [5.74, 6) is -0.0430. The van der Waals surface area contributed by atoms with E-state index in [1.807, 2.05) is 6.08 Å². The van der Waals surface area contributed by atoms with Gasteiger partial charge in [0.15, 0.2) is 0 Å². The van der Waals surface area contributed by atoms with E-state index in [4.69, 9.17) is 4.74 Å². The molecule has 486 valence electrons. The largest absolute Gasteiger partial charge is 0.466 e.